The summed E-state index contributed by atoms with van der Waals surface area (Å²) in [6.07, 6.45) is 2.32. The third-order valence-electron chi connectivity index (χ3n) is 4.56. The molecule has 10 nitrogen and oxygen atoms in total. The Labute approximate surface area is 239 Å². The molecule has 2 rings (SSSR count). The van der Waals surface area contributed by atoms with Crippen LogP contribution in [0.4, 0.5) is 0 Å². The molecule has 2 heterocycles. The highest BCUT2D eigenvalue weighted by Gasteiger charge is 2.30. The lowest BCUT2D eigenvalue weighted by Crippen LogP contribution is -2.43. The predicted molar refractivity (Wildman–Crippen MR) is 150 cm³/mol. The zero-order chi connectivity index (χ0) is 27.4. The molecule has 4 N–H and O–H groups in total. The molecule has 0 aliphatic heterocycles. The number of halogens is 2. The molecule has 3 atom stereocenters. The molecule has 2 aromatic heterocycles. The summed E-state index contributed by atoms with van der Waals surface area (Å²) in [4.78, 5) is 21.6. The smallest absolute Gasteiger partial charge is 0.358 e. The molecule has 0 fully saturated rings. The summed E-state index contributed by atoms with van der Waals surface area (Å²) in [6, 6.07) is 1.79. The highest BCUT2D eigenvalue weighted by atomic mass is 79.9. The lowest BCUT2D eigenvalue weighted by Gasteiger charge is -2.31. The molecular formula is C23H33BrClN5O5S2. The third-order valence-corrected chi connectivity index (χ3v) is 7.42. The molecule has 37 heavy (non-hydrogen) atoms. The number of carbonyl (C=O) groups excluding carboxylic acids is 1. The van der Waals surface area contributed by atoms with Gasteiger partial charge in [-0.25, -0.2) is 20.6 Å². The van der Waals surface area contributed by atoms with Gasteiger partial charge in [-0.15, -0.1) is 11.3 Å². The maximum absolute atomic E-state index is 12.6. The van der Waals surface area contributed by atoms with Crippen LogP contribution in [-0.4, -0.2) is 71.6 Å². The molecule has 0 aromatic carbocycles. The number of esters is 1. The average molecular weight is 639 g/mol. The molecule has 0 saturated heterocycles. The minimum atomic E-state index is -0.588. The minimum absolute atomic E-state index is 0.186. The highest BCUT2D eigenvalue weighted by molar-refractivity contribution is 9.10. The van der Waals surface area contributed by atoms with Crippen LogP contribution in [0.3, 0.4) is 0 Å². The van der Waals surface area contributed by atoms with E-state index >= 15 is 0 Å². The van der Waals surface area contributed by atoms with E-state index in [2.05, 4.69) is 25.9 Å². The van der Waals surface area contributed by atoms with Gasteiger partial charge in [-0.1, -0.05) is 23.4 Å². The van der Waals surface area contributed by atoms with Crippen LogP contribution in [0, 0.1) is 0 Å². The van der Waals surface area contributed by atoms with Crippen LogP contribution >= 0.6 is 50.6 Å². The van der Waals surface area contributed by atoms with E-state index in [9.17, 15) is 4.79 Å². The Morgan fingerprint density at radius 1 is 1.32 bits per heavy atom. The third kappa shape index (κ3) is 10.7. The molecule has 0 radical (unpaired) electrons. The number of hydrogen-bond acceptors (Lipinski definition) is 12. The number of hydrogen-bond donors (Lipinski definition) is 2. The second kappa shape index (κ2) is 16.5. The maximum atomic E-state index is 12.6. The number of thioether (sulfide) groups is 1. The number of nitrogens with two attached hydrogens (primary N) is 2. The fourth-order valence-corrected chi connectivity index (χ4v) is 5.65. The monoisotopic (exact) mass is 637 g/mol. The first-order chi connectivity index (χ1) is 17.7. The Hall–Kier alpha value is -1.45. The largest absolute Gasteiger partial charge is 0.461 e. The van der Waals surface area contributed by atoms with Crippen molar-refractivity contribution in [1.82, 2.24) is 15.0 Å². The standard InChI is InChI=1S/C23H33BrClN5O5S2/c1-5-32-12-14(4)35-23(37-18-8-15(24)9-28-20(18)22(31)34-7-3)17(33-6-2)11-30(27)10-16(26)21-29-19(25)13-36-21/h8-10,13-14,17,23H,5-7,11-12,26-27H2,1-4H3/b16-10-/t14?,17-,23?/m0/s1. The van der Waals surface area contributed by atoms with E-state index in [1.54, 1.807) is 30.8 Å². The van der Waals surface area contributed by atoms with E-state index in [0.717, 1.165) is 0 Å². The molecule has 0 bridgehead atoms. The zero-order valence-corrected chi connectivity index (χ0v) is 25.2. The van der Waals surface area contributed by atoms with Gasteiger partial charge < -0.3 is 29.7 Å². The number of nitrogens with zero attached hydrogens (tertiary/aromatic N) is 3. The first kappa shape index (κ1) is 31.8. The van der Waals surface area contributed by atoms with Crippen molar-refractivity contribution in [3.63, 3.8) is 0 Å². The van der Waals surface area contributed by atoms with Gasteiger partial charge >= 0.3 is 5.97 Å². The summed E-state index contributed by atoms with van der Waals surface area (Å²) in [5, 5.41) is 4.02. The molecule has 0 amide bonds. The topological polar surface area (TPSA) is 135 Å². The second-order valence-electron chi connectivity index (χ2n) is 7.56. The molecule has 0 saturated carbocycles. The van der Waals surface area contributed by atoms with Crippen LogP contribution < -0.4 is 11.6 Å². The van der Waals surface area contributed by atoms with Gasteiger partial charge in [0.25, 0.3) is 0 Å². The van der Waals surface area contributed by atoms with Crippen LogP contribution in [0.2, 0.25) is 5.15 Å². The summed E-state index contributed by atoms with van der Waals surface area (Å²) >= 11 is 12.0. The van der Waals surface area contributed by atoms with Gasteiger partial charge in [-0.05, 0) is 49.7 Å². The van der Waals surface area contributed by atoms with E-state index in [0.29, 0.717) is 45.0 Å². The van der Waals surface area contributed by atoms with Crippen molar-refractivity contribution in [1.29, 1.82) is 0 Å². The molecule has 0 aliphatic carbocycles. The van der Waals surface area contributed by atoms with Crippen LogP contribution in [0.25, 0.3) is 5.70 Å². The molecule has 206 valence electrons. The number of thiazole rings is 1. The molecular weight excluding hydrogens is 606 g/mol. The van der Waals surface area contributed by atoms with Crippen LogP contribution in [0.5, 0.6) is 0 Å². The molecule has 14 heteroatoms. The van der Waals surface area contributed by atoms with Gasteiger partial charge in [-0.2, -0.15) is 0 Å². The Balaban J connectivity index is 2.34. The van der Waals surface area contributed by atoms with Crippen molar-refractivity contribution >= 4 is 62.3 Å². The molecule has 2 aromatic rings. The Morgan fingerprint density at radius 2 is 2.08 bits per heavy atom. The van der Waals surface area contributed by atoms with Crippen molar-refractivity contribution in [2.75, 3.05) is 33.0 Å². The Bertz CT molecular complexity index is 1030. The van der Waals surface area contributed by atoms with E-state index in [-0.39, 0.29) is 24.9 Å². The quantitative estimate of drug-likeness (QED) is 0.0883. The maximum Gasteiger partial charge on any atom is 0.358 e. The average Bonchev–Trinajstić information content (AvgIpc) is 3.28. The fourth-order valence-electron chi connectivity index (χ4n) is 3.04. The van der Waals surface area contributed by atoms with E-state index in [4.69, 9.17) is 42.1 Å². The molecule has 2 unspecified atom stereocenters. The Morgan fingerprint density at radius 3 is 2.70 bits per heavy atom. The van der Waals surface area contributed by atoms with Gasteiger partial charge in [-0.3, -0.25) is 0 Å². The first-order valence-electron chi connectivity index (χ1n) is 11.6. The lowest BCUT2D eigenvalue weighted by atomic mass is 10.3. The summed E-state index contributed by atoms with van der Waals surface area (Å²) in [7, 11) is 0. The number of rotatable bonds is 16. The highest BCUT2D eigenvalue weighted by Crippen LogP contribution is 2.33. The van der Waals surface area contributed by atoms with E-state index in [1.807, 2.05) is 20.8 Å². The van der Waals surface area contributed by atoms with E-state index in [1.165, 1.54) is 28.1 Å². The lowest BCUT2D eigenvalue weighted by molar-refractivity contribution is -0.0804. The fraction of sp³-hybridized carbons (Fsp3) is 0.522. The van der Waals surface area contributed by atoms with Crippen molar-refractivity contribution in [3.05, 3.63) is 44.2 Å². The van der Waals surface area contributed by atoms with Crippen LogP contribution in [-0.2, 0) is 18.9 Å². The number of carbonyl (C=O) groups is 1. The van der Waals surface area contributed by atoms with Crippen LogP contribution in [0.15, 0.2) is 33.2 Å². The van der Waals surface area contributed by atoms with Crippen molar-refractivity contribution < 1.29 is 23.7 Å². The van der Waals surface area contributed by atoms with Gasteiger partial charge in [0.05, 0.1) is 31.6 Å². The molecule has 0 aliphatic rings. The molecule has 0 spiro atoms. The van der Waals surface area contributed by atoms with Gasteiger partial charge in [0.15, 0.2) is 5.69 Å². The number of hydrazine groups is 1. The normalized spacial score (nSPS) is 14.3. The summed E-state index contributed by atoms with van der Waals surface area (Å²) in [5.74, 6) is 5.77. The van der Waals surface area contributed by atoms with Crippen molar-refractivity contribution in [2.24, 2.45) is 11.6 Å². The van der Waals surface area contributed by atoms with Crippen molar-refractivity contribution in [2.45, 2.75) is 50.2 Å². The summed E-state index contributed by atoms with van der Waals surface area (Å²) < 4.78 is 23.9. The minimum Gasteiger partial charge on any atom is -0.461 e. The second-order valence-corrected chi connectivity index (χ2v) is 10.9. The van der Waals surface area contributed by atoms with E-state index < -0.39 is 17.5 Å². The summed E-state index contributed by atoms with van der Waals surface area (Å²) in [5.41, 5.74) is 6.13. The Kier molecular flexibility index (Phi) is 14.2. The SMILES string of the molecule is CCOCC(C)OC(Sc1cc(Br)cnc1C(=O)OCC)[C@H](CN(N)/C=C(\N)c1nc(Cl)cs1)OCC. The number of ether oxygens (including phenoxy) is 4. The van der Waals surface area contributed by atoms with Gasteiger partial charge in [0.1, 0.15) is 21.7 Å². The van der Waals surface area contributed by atoms with Crippen LogP contribution in [0.1, 0.15) is 43.2 Å². The number of aromatic nitrogens is 2. The van der Waals surface area contributed by atoms with Crippen molar-refractivity contribution in [3.8, 4) is 0 Å². The van der Waals surface area contributed by atoms with Gasteiger partial charge in [0.2, 0.25) is 0 Å². The zero-order valence-electron chi connectivity index (χ0n) is 21.2. The van der Waals surface area contributed by atoms with Gasteiger partial charge in [0, 0.05) is 40.4 Å². The summed E-state index contributed by atoms with van der Waals surface area (Å²) in [6.45, 7) is 9.25. The predicted octanol–water partition coefficient (Wildman–Crippen LogP) is 4.53. The first-order valence-corrected chi connectivity index (χ1v) is 14.6. The number of pyridine rings is 1.